The highest BCUT2D eigenvalue weighted by molar-refractivity contribution is 7.79. The number of carbonyl (C=O) groups is 1. The Labute approximate surface area is 94.7 Å². The number of ether oxygens (including phenoxy) is 1. The van der Waals surface area contributed by atoms with Crippen molar-refractivity contribution in [1.29, 1.82) is 0 Å². The van der Waals surface area contributed by atoms with E-state index < -0.39 is 0 Å². The van der Waals surface area contributed by atoms with Crippen molar-refractivity contribution in [2.75, 3.05) is 0 Å². The predicted molar refractivity (Wildman–Crippen MR) is 63.6 cm³/mol. The third-order valence-electron chi connectivity index (χ3n) is 1.70. The van der Waals surface area contributed by atoms with Crippen molar-refractivity contribution in [3.8, 4) is 0 Å². The van der Waals surface area contributed by atoms with Crippen LogP contribution in [0.15, 0.2) is 28.7 Å². The number of hydrogen-bond donors (Lipinski definition) is 1. The van der Waals surface area contributed by atoms with Gasteiger partial charge < -0.3 is 4.74 Å². The van der Waals surface area contributed by atoms with Crippen LogP contribution in [-0.2, 0) is 4.74 Å². The zero-order chi connectivity index (χ0) is 11.3. The maximum Gasteiger partial charge on any atom is 0.338 e. The Bertz CT molecular complexity index is 357. The minimum atomic E-state index is -0.306. The lowest BCUT2D eigenvalue weighted by Crippen LogP contribution is -2.11. The molecule has 0 unspecified atom stereocenters. The van der Waals surface area contributed by atoms with E-state index in [1.54, 1.807) is 30.5 Å². The van der Waals surface area contributed by atoms with Crippen molar-refractivity contribution >= 4 is 25.0 Å². The van der Waals surface area contributed by atoms with Crippen LogP contribution < -0.4 is 0 Å². The summed E-state index contributed by atoms with van der Waals surface area (Å²) in [6.45, 7) is 3.64. The van der Waals surface area contributed by atoms with Crippen molar-refractivity contribution in [2.24, 2.45) is 4.40 Å². The van der Waals surface area contributed by atoms with E-state index in [-0.39, 0.29) is 12.1 Å². The van der Waals surface area contributed by atoms with Crippen molar-refractivity contribution in [3.63, 3.8) is 0 Å². The number of esters is 1. The lowest BCUT2D eigenvalue weighted by Gasteiger charge is -2.07. The number of nitrogens with zero attached hydrogens (tertiary/aromatic N) is 1. The summed E-state index contributed by atoms with van der Waals surface area (Å²) < 4.78 is 8.63. The number of rotatable bonds is 3. The summed E-state index contributed by atoms with van der Waals surface area (Å²) in [7, 11) is 0. The number of thiol groups is 1. The Morgan fingerprint density at radius 2 is 2.00 bits per heavy atom. The van der Waals surface area contributed by atoms with Crippen molar-refractivity contribution in [1.82, 2.24) is 0 Å². The molecule has 0 aliphatic rings. The minimum absolute atomic E-state index is 0.101. The Balaban J connectivity index is 2.75. The molecule has 0 saturated heterocycles. The average Bonchev–Trinajstić information content (AvgIpc) is 2.18. The summed E-state index contributed by atoms with van der Waals surface area (Å²) in [4.78, 5) is 11.5. The SMILES string of the molecule is CC(C)OC(=O)c1ccc(/C=N/S)cc1. The maximum atomic E-state index is 11.5. The fraction of sp³-hybridized carbons (Fsp3) is 0.273. The average molecular weight is 223 g/mol. The lowest BCUT2D eigenvalue weighted by molar-refractivity contribution is 0.0378. The molecule has 3 nitrogen and oxygen atoms in total. The fourth-order valence-corrected chi connectivity index (χ4v) is 1.19. The molecule has 1 aromatic rings. The molecule has 0 heterocycles. The molecule has 4 heteroatoms. The van der Waals surface area contributed by atoms with Gasteiger partial charge in [0, 0.05) is 6.21 Å². The largest absolute Gasteiger partial charge is 0.459 e. The van der Waals surface area contributed by atoms with Gasteiger partial charge in [0.15, 0.2) is 0 Å². The summed E-state index contributed by atoms with van der Waals surface area (Å²) in [5, 5.41) is 0. The van der Waals surface area contributed by atoms with Crippen LogP contribution in [-0.4, -0.2) is 18.3 Å². The number of carbonyl (C=O) groups excluding carboxylic acids is 1. The molecular weight excluding hydrogens is 210 g/mol. The van der Waals surface area contributed by atoms with Crippen molar-refractivity contribution in [2.45, 2.75) is 20.0 Å². The third kappa shape index (κ3) is 3.75. The molecular formula is C11H13NO2S. The van der Waals surface area contributed by atoms with Crippen LogP contribution in [0.2, 0.25) is 0 Å². The van der Waals surface area contributed by atoms with Crippen LogP contribution in [0.3, 0.4) is 0 Å². The maximum absolute atomic E-state index is 11.5. The summed E-state index contributed by atoms with van der Waals surface area (Å²) in [6, 6.07) is 6.98. The van der Waals surface area contributed by atoms with E-state index in [4.69, 9.17) is 4.74 Å². The van der Waals surface area contributed by atoms with Gasteiger partial charge in [-0.05, 0) is 44.4 Å². The highest BCUT2D eigenvalue weighted by atomic mass is 32.1. The second-order valence-electron chi connectivity index (χ2n) is 3.32. The van der Waals surface area contributed by atoms with Crippen molar-refractivity contribution < 1.29 is 9.53 Å². The van der Waals surface area contributed by atoms with Gasteiger partial charge in [-0.25, -0.2) is 9.19 Å². The molecule has 0 aliphatic carbocycles. The first-order valence-electron chi connectivity index (χ1n) is 4.62. The van der Waals surface area contributed by atoms with Crippen LogP contribution in [0.25, 0.3) is 0 Å². The first kappa shape index (κ1) is 11.8. The smallest absolute Gasteiger partial charge is 0.338 e. The Kier molecular flexibility index (Phi) is 4.37. The highest BCUT2D eigenvalue weighted by Gasteiger charge is 2.07. The standard InChI is InChI=1S/C11H13NO2S/c1-8(2)14-11(13)10-5-3-9(4-6-10)7-12-15/h3-8,15H,1-2H3/b12-7+. The summed E-state index contributed by atoms with van der Waals surface area (Å²) in [6.07, 6.45) is 1.50. The molecule has 0 amide bonds. The van der Waals surface area contributed by atoms with Gasteiger partial charge in [0.2, 0.25) is 0 Å². The third-order valence-corrected chi connectivity index (χ3v) is 1.81. The molecule has 0 fully saturated rings. The van der Waals surface area contributed by atoms with E-state index in [9.17, 15) is 4.79 Å². The molecule has 0 aliphatic heterocycles. The molecule has 0 saturated carbocycles. The van der Waals surface area contributed by atoms with Gasteiger partial charge in [-0.1, -0.05) is 12.1 Å². The van der Waals surface area contributed by atoms with E-state index in [0.29, 0.717) is 5.56 Å². The van der Waals surface area contributed by atoms with Gasteiger partial charge in [0.1, 0.15) is 0 Å². The second-order valence-corrected chi connectivity index (χ2v) is 3.55. The predicted octanol–water partition coefficient (Wildman–Crippen LogP) is 2.52. The van der Waals surface area contributed by atoms with Gasteiger partial charge in [0.05, 0.1) is 11.7 Å². The van der Waals surface area contributed by atoms with Crippen molar-refractivity contribution in [3.05, 3.63) is 35.4 Å². The zero-order valence-corrected chi connectivity index (χ0v) is 9.57. The van der Waals surface area contributed by atoms with Gasteiger partial charge in [-0.3, -0.25) is 0 Å². The zero-order valence-electron chi connectivity index (χ0n) is 8.68. The summed E-state index contributed by atoms with van der Waals surface area (Å²) in [5.41, 5.74) is 1.44. The quantitative estimate of drug-likeness (QED) is 0.486. The van der Waals surface area contributed by atoms with E-state index >= 15 is 0 Å². The first-order valence-corrected chi connectivity index (χ1v) is 5.02. The van der Waals surface area contributed by atoms with E-state index in [2.05, 4.69) is 17.2 Å². The fourth-order valence-electron chi connectivity index (χ4n) is 1.05. The van der Waals surface area contributed by atoms with Gasteiger partial charge >= 0.3 is 5.97 Å². The molecule has 0 N–H and O–H groups in total. The van der Waals surface area contributed by atoms with E-state index in [1.165, 1.54) is 0 Å². The highest BCUT2D eigenvalue weighted by Crippen LogP contribution is 2.06. The monoisotopic (exact) mass is 223 g/mol. The Morgan fingerprint density at radius 1 is 1.40 bits per heavy atom. The molecule has 0 spiro atoms. The molecule has 0 radical (unpaired) electrons. The Morgan fingerprint density at radius 3 is 2.47 bits per heavy atom. The number of benzene rings is 1. The molecule has 0 atom stereocenters. The topological polar surface area (TPSA) is 38.7 Å². The van der Waals surface area contributed by atoms with Crippen LogP contribution >= 0.6 is 12.8 Å². The van der Waals surface area contributed by atoms with Crippen LogP contribution in [0.5, 0.6) is 0 Å². The first-order chi connectivity index (χ1) is 7.13. The van der Waals surface area contributed by atoms with Crippen LogP contribution in [0.4, 0.5) is 0 Å². The summed E-state index contributed by atoms with van der Waals surface area (Å²) in [5.74, 6) is -0.306. The minimum Gasteiger partial charge on any atom is -0.459 e. The van der Waals surface area contributed by atoms with E-state index in [0.717, 1.165) is 5.56 Å². The molecule has 15 heavy (non-hydrogen) atoms. The lowest BCUT2D eigenvalue weighted by atomic mass is 10.1. The number of hydrogen-bond acceptors (Lipinski definition) is 4. The van der Waals surface area contributed by atoms with Crippen LogP contribution in [0, 0.1) is 0 Å². The normalized spacial score (nSPS) is 10.9. The molecule has 0 bridgehead atoms. The van der Waals surface area contributed by atoms with E-state index in [1.807, 2.05) is 13.8 Å². The molecule has 1 aromatic carbocycles. The van der Waals surface area contributed by atoms with Gasteiger partial charge in [-0.2, -0.15) is 0 Å². The molecule has 80 valence electrons. The Hall–Kier alpha value is -1.29. The molecule has 1 rings (SSSR count). The van der Waals surface area contributed by atoms with Gasteiger partial charge in [-0.15, -0.1) is 0 Å². The molecule has 0 aromatic heterocycles. The van der Waals surface area contributed by atoms with Crippen LogP contribution in [0.1, 0.15) is 29.8 Å². The van der Waals surface area contributed by atoms with Gasteiger partial charge in [0.25, 0.3) is 0 Å². The summed E-state index contributed by atoms with van der Waals surface area (Å²) >= 11 is 3.72. The second kappa shape index (κ2) is 5.56.